The molecule has 0 saturated carbocycles. The number of aromatic nitrogens is 1. The van der Waals surface area contributed by atoms with Gasteiger partial charge in [-0.2, -0.15) is 13.2 Å². The molecule has 3 N–H and O–H groups in total. The van der Waals surface area contributed by atoms with E-state index in [-0.39, 0.29) is 5.88 Å². The fraction of sp³-hybridized carbons (Fsp3) is 0.615. The van der Waals surface area contributed by atoms with Gasteiger partial charge in [0.1, 0.15) is 24.0 Å². The summed E-state index contributed by atoms with van der Waals surface area (Å²) in [5.41, 5.74) is -1.15. The Morgan fingerprint density at radius 1 is 1.27 bits per heavy atom. The van der Waals surface area contributed by atoms with Crippen molar-refractivity contribution < 1.29 is 38.0 Å². The molecule has 9 heteroatoms. The van der Waals surface area contributed by atoms with Crippen molar-refractivity contribution in [3.05, 3.63) is 23.9 Å². The largest absolute Gasteiger partial charge is 0.469 e. The van der Waals surface area contributed by atoms with E-state index in [4.69, 9.17) is 9.47 Å². The number of aliphatic hydroxyl groups is 3. The van der Waals surface area contributed by atoms with Crippen molar-refractivity contribution in [2.24, 2.45) is 0 Å². The minimum atomic E-state index is -4.63. The van der Waals surface area contributed by atoms with Crippen LogP contribution in [0.25, 0.3) is 0 Å². The third-order valence-corrected chi connectivity index (χ3v) is 3.37. The van der Waals surface area contributed by atoms with Crippen LogP contribution in [-0.4, -0.2) is 57.4 Å². The first-order chi connectivity index (χ1) is 10.2. The van der Waals surface area contributed by atoms with E-state index in [0.717, 1.165) is 12.1 Å². The highest BCUT2D eigenvalue weighted by atomic mass is 19.4. The minimum Gasteiger partial charge on any atom is -0.469 e. The molecule has 1 aliphatic heterocycles. The molecule has 22 heavy (non-hydrogen) atoms. The molecule has 2 rings (SSSR count). The second-order valence-corrected chi connectivity index (χ2v) is 4.98. The monoisotopic (exact) mass is 323 g/mol. The van der Waals surface area contributed by atoms with Crippen molar-refractivity contribution in [2.75, 3.05) is 6.61 Å². The van der Waals surface area contributed by atoms with Gasteiger partial charge in [0.25, 0.3) is 0 Å². The van der Waals surface area contributed by atoms with Crippen molar-refractivity contribution >= 4 is 0 Å². The molecule has 1 saturated heterocycles. The summed E-state index contributed by atoms with van der Waals surface area (Å²) in [7, 11) is 0. The van der Waals surface area contributed by atoms with E-state index >= 15 is 0 Å². The Kier molecular flexibility index (Phi) is 4.90. The molecule has 0 aromatic carbocycles. The molecule has 0 amide bonds. The summed E-state index contributed by atoms with van der Waals surface area (Å²) in [6.07, 6.45) is -10.3. The van der Waals surface area contributed by atoms with Crippen molar-refractivity contribution in [2.45, 2.75) is 43.6 Å². The van der Waals surface area contributed by atoms with Crippen LogP contribution in [0.1, 0.15) is 12.6 Å². The van der Waals surface area contributed by atoms with Crippen LogP contribution in [0.5, 0.6) is 5.88 Å². The predicted molar refractivity (Wildman–Crippen MR) is 67.1 cm³/mol. The summed E-state index contributed by atoms with van der Waals surface area (Å²) in [4.78, 5) is 3.31. The number of hydrogen-bond donors (Lipinski definition) is 3. The number of ether oxygens (including phenoxy) is 2. The zero-order valence-corrected chi connectivity index (χ0v) is 11.6. The first kappa shape index (κ1) is 16.9. The smallest absolute Gasteiger partial charge is 0.433 e. The number of hydrogen-bond acceptors (Lipinski definition) is 6. The highest BCUT2D eigenvalue weighted by Gasteiger charge is 2.44. The van der Waals surface area contributed by atoms with E-state index in [1.54, 1.807) is 0 Å². The molecule has 5 atom stereocenters. The third-order valence-electron chi connectivity index (χ3n) is 3.37. The number of pyridine rings is 1. The Bertz CT molecular complexity index is 511. The Hall–Kier alpha value is -1.42. The van der Waals surface area contributed by atoms with E-state index < -0.39 is 49.0 Å². The SMILES string of the molecule is C[C@H]1O[C@H](CO)[C@H](Oc2cccc(C(F)(F)F)n2)[C@@H](O)[C@H]1O. The van der Waals surface area contributed by atoms with Gasteiger partial charge in [-0.05, 0) is 13.0 Å². The van der Waals surface area contributed by atoms with Crippen molar-refractivity contribution in [3.63, 3.8) is 0 Å². The summed E-state index contributed by atoms with van der Waals surface area (Å²) < 4.78 is 48.3. The summed E-state index contributed by atoms with van der Waals surface area (Å²) in [6.45, 7) is 0.965. The van der Waals surface area contributed by atoms with E-state index in [1.807, 2.05) is 0 Å². The summed E-state index contributed by atoms with van der Waals surface area (Å²) in [5.74, 6) is -0.386. The molecular formula is C13H16F3NO5. The van der Waals surface area contributed by atoms with Crippen molar-refractivity contribution in [1.82, 2.24) is 4.98 Å². The van der Waals surface area contributed by atoms with Crippen LogP contribution in [0.3, 0.4) is 0 Å². The average Bonchev–Trinajstić information content (AvgIpc) is 2.47. The van der Waals surface area contributed by atoms with E-state index in [9.17, 15) is 28.5 Å². The maximum absolute atomic E-state index is 12.6. The van der Waals surface area contributed by atoms with Crippen molar-refractivity contribution in [3.8, 4) is 5.88 Å². The lowest BCUT2D eigenvalue weighted by atomic mass is 9.96. The summed E-state index contributed by atoms with van der Waals surface area (Å²) in [6, 6.07) is 3.07. The van der Waals surface area contributed by atoms with Crippen LogP contribution in [0, 0.1) is 0 Å². The maximum atomic E-state index is 12.6. The Labute approximate surface area is 124 Å². The van der Waals surface area contributed by atoms with Crippen LogP contribution < -0.4 is 4.74 Å². The van der Waals surface area contributed by atoms with Crippen LogP contribution in [0.2, 0.25) is 0 Å². The molecule has 2 heterocycles. The molecule has 124 valence electrons. The topological polar surface area (TPSA) is 92.0 Å². The van der Waals surface area contributed by atoms with Crippen LogP contribution in [-0.2, 0) is 10.9 Å². The molecule has 0 aliphatic carbocycles. The lowest BCUT2D eigenvalue weighted by molar-refractivity contribution is -0.218. The first-order valence-electron chi connectivity index (χ1n) is 6.57. The van der Waals surface area contributed by atoms with Gasteiger partial charge in [0.2, 0.25) is 5.88 Å². The summed E-state index contributed by atoms with van der Waals surface area (Å²) >= 11 is 0. The van der Waals surface area contributed by atoms with Gasteiger partial charge < -0.3 is 24.8 Å². The second-order valence-electron chi connectivity index (χ2n) is 4.98. The molecular weight excluding hydrogens is 307 g/mol. The number of aliphatic hydroxyl groups excluding tert-OH is 3. The minimum absolute atomic E-state index is 0.386. The third kappa shape index (κ3) is 3.49. The lowest BCUT2D eigenvalue weighted by Crippen LogP contribution is -2.59. The molecule has 1 aromatic rings. The first-order valence-corrected chi connectivity index (χ1v) is 6.57. The van der Waals surface area contributed by atoms with Crippen LogP contribution >= 0.6 is 0 Å². The highest BCUT2D eigenvalue weighted by Crippen LogP contribution is 2.30. The van der Waals surface area contributed by atoms with E-state index in [0.29, 0.717) is 0 Å². The van der Waals surface area contributed by atoms with Gasteiger partial charge in [0.05, 0.1) is 12.7 Å². The van der Waals surface area contributed by atoms with Crippen molar-refractivity contribution in [1.29, 1.82) is 0 Å². The Balaban J connectivity index is 2.21. The Morgan fingerprint density at radius 3 is 2.55 bits per heavy atom. The van der Waals surface area contributed by atoms with Gasteiger partial charge in [-0.1, -0.05) is 6.07 Å². The van der Waals surface area contributed by atoms with Gasteiger partial charge >= 0.3 is 6.18 Å². The molecule has 1 aliphatic rings. The average molecular weight is 323 g/mol. The Morgan fingerprint density at radius 2 is 1.95 bits per heavy atom. The standard InChI is InChI=1S/C13H16F3NO5/c1-6-10(19)11(20)12(7(5-18)21-6)22-9-4-2-3-8(17-9)13(14,15)16/h2-4,6-7,10-12,18-20H,5H2,1H3/t6-,7-,10+,11+,12+/m1/s1. The molecule has 0 radical (unpaired) electrons. The highest BCUT2D eigenvalue weighted by molar-refractivity contribution is 5.18. The molecule has 0 unspecified atom stereocenters. The van der Waals surface area contributed by atoms with Gasteiger partial charge in [-0.25, -0.2) is 4.98 Å². The second kappa shape index (κ2) is 6.37. The van der Waals surface area contributed by atoms with E-state index in [2.05, 4.69) is 4.98 Å². The van der Waals surface area contributed by atoms with E-state index in [1.165, 1.54) is 13.0 Å². The van der Waals surface area contributed by atoms with Gasteiger partial charge in [0, 0.05) is 6.07 Å². The lowest BCUT2D eigenvalue weighted by Gasteiger charge is -2.40. The number of nitrogens with zero attached hydrogens (tertiary/aromatic N) is 1. The molecule has 0 spiro atoms. The number of alkyl halides is 3. The molecule has 6 nitrogen and oxygen atoms in total. The van der Waals surface area contributed by atoms with Gasteiger partial charge in [-0.3, -0.25) is 0 Å². The van der Waals surface area contributed by atoms with Gasteiger partial charge in [0.15, 0.2) is 6.10 Å². The quantitative estimate of drug-likeness (QED) is 0.743. The van der Waals surface area contributed by atoms with Gasteiger partial charge in [-0.15, -0.1) is 0 Å². The fourth-order valence-electron chi connectivity index (χ4n) is 2.20. The van der Waals surface area contributed by atoms with Crippen LogP contribution in [0.4, 0.5) is 13.2 Å². The predicted octanol–water partition coefficient (Wildman–Crippen LogP) is 0.349. The number of rotatable bonds is 3. The molecule has 1 fully saturated rings. The zero-order valence-electron chi connectivity index (χ0n) is 11.6. The number of halogens is 3. The molecule has 1 aromatic heterocycles. The summed E-state index contributed by atoms with van der Waals surface area (Å²) in [5, 5.41) is 29.0. The fourth-order valence-corrected chi connectivity index (χ4v) is 2.20. The molecule has 0 bridgehead atoms. The zero-order chi connectivity index (χ0) is 16.5. The normalized spacial score (nSPS) is 32.8. The van der Waals surface area contributed by atoms with Crippen LogP contribution in [0.15, 0.2) is 18.2 Å². The maximum Gasteiger partial charge on any atom is 0.433 e.